The second-order valence-electron chi connectivity index (χ2n) is 7.07. The van der Waals surface area contributed by atoms with Gasteiger partial charge in [0, 0.05) is 35.5 Å². The van der Waals surface area contributed by atoms with Crippen LogP contribution < -0.4 is 16.0 Å². The van der Waals surface area contributed by atoms with Crippen LogP contribution in [0.2, 0.25) is 0 Å². The number of rotatable bonds is 10. The molecule has 1 aliphatic heterocycles. The summed E-state index contributed by atoms with van der Waals surface area (Å²) in [5.74, 6) is 1.33. The molecule has 4 N–H and O–H groups in total. The van der Waals surface area contributed by atoms with Gasteiger partial charge in [0.25, 0.3) is 5.91 Å². The number of hydrogen-bond donors (Lipinski definition) is 4. The summed E-state index contributed by atoms with van der Waals surface area (Å²) in [6.07, 6.45) is 2.30. The van der Waals surface area contributed by atoms with Crippen molar-refractivity contribution in [1.82, 2.24) is 10.6 Å². The molecule has 2 atom stereocenters. The van der Waals surface area contributed by atoms with E-state index in [4.69, 9.17) is 0 Å². The van der Waals surface area contributed by atoms with Gasteiger partial charge >= 0.3 is 5.97 Å². The first-order chi connectivity index (χ1) is 14.6. The van der Waals surface area contributed by atoms with Gasteiger partial charge in [-0.25, -0.2) is 4.79 Å². The number of nitrogens with one attached hydrogen (secondary N) is 3. The molecule has 3 rings (SSSR count). The van der Waals surface area contributed by atoms with Crippen molar-refractivity contribution in [3.63, 3.8) is 0 Å². The monoisotopic (exact) mass is 445 g/mol. The fourth-order valence-electron chi connectivity index (χ4n) is 3.25. The number of aliphatic carboxylic acids is 1. The average molecular weight is 446 g/mol. The standard InChI is InChI=1S/C22H27N3O3S2/c1-29-10-9-20(22(27)28)25-21(26)18-8-7-16(23-12-17-13-30-14-24-17)11-19(18)15-5-3-2-4-6-15/h2-8,11,17,20,23-24H,9-10,12-14H2,1H3,(H,25,26)(H,27,28)/t17-,20+/m1/s1. The number of hydrogen-bond acceptors (Lipinski definition) is 6. The number of benzene rings is 2. The lowest BCUT2D eigenvalue weighted by Crippen LogP contribution is -2.41. The van der Waals surface area contributed by atoms with Crippen molar-refractivity contribution in [3.05, 3.63) is 54.1 Å². The first kappa shape index (κ1) is 22.5. The summed E-state index contributed by atoms with van der Waals surface area (Å²) < 4.78 is 0. The third-order valence-corrected chi connectivity index (χ3v) is 6.56. The highest BCUT2D eigenvalue weighted by Gasteiger charge is 2.22. The Kier molecular flexibility index (Phi) is 8.48. The van der Waals surface area contributed by atoms with Crippen molar-refractivity contribution in [1.29, 1.82) is 0 Å². The summed E-state index contributed by atoms with van der Waals surface area (Å²) >= 11 is 3.44. The molecule has 0 aliphatic carbocycles. The summed E-state index contributed by atoms with van der Waals surface area (Å²) in [6, 6.07) is 14.8. The van der Waals surface area contributed by atoms with Gasteiger partial charge in [0.15, 0.2) is 0 Å². The molecule has 160 valence electrons. The molecule has 30 heavy (non-hydrogen) atoms. The first-order valence-electron chi connectivity index (χ1n) is 9.85. The predicted octanol–water partition coefficient (Wildman–Crippen LogP) is 3.36. The van der Waals surface area contributed by atoms with E-state index >= 15 is 0 Å². The second kappa shape index (κ2) is 11.3. The normalized spacial score (nSPS) is 16.8. The van der Waals surface area contributed by atoms with E-state index < -0.39 is 12.0 Å². The van der Waals surface area contributed by atoms with E-state index in [2.05, 4.69) is 16.0 Å². The zero-order valence-electron chi connectivity index (χ0n) is 16.9. The molecule has 0 spiro atoms. The molecule has 6 nitrogen and oxygen atoms in total. The maximum absolute atomic E-state index is 13.0. The zero-order chi connectivity index (χ0) is 21.3. The quantitative estimate of drug-likeness (QED) is 0.446. The van der Waals surface area contributed by atoms with E-state index in [9.17, 15) is 14.7 Å². The maximum Gasteiger partial charge on any atom is 0.326 e. The minimum Gasteiger partial charge on any atom is -0.480 e. The fraction of sp³-hybridized carbons (Fsp3) is 0.364. The van der Waals surface area contributed by atoms with Crippen LogP contribution in [0.5, 0.6) is 0 Å². The van der Waals surface area contributed by atoms with Crippen molar-refractivity contribution >= 4 is 41.1 Å². The van der Waals surface area contributed by atoms with Crippen LogP contribution in [-0.2, 0) is 4.79 Å². The molecule has 0 unspecified atom stereocenters. The van der Waals surface area contributed by atoms with Crippen LogP contribution in [0.4, 0.5) is 5.69 Å². The van der Waals surface area contributed by atoms with Crippen molar-refractivity contribution in [2.24, 2.45) is 0 Å². The van der Waals surface area contributed by atoms with Crippen LogP contribution in [-0.4, -0.2) is 59.2 Å². The highest BCUT2D eigenvalue weighted by atomic mass is 32.2. The Morgan fingerprint density at radius 3 is 2.73 bits per heavy atom. The third kappa shape index (κ3) is 6.17. The number of anilines is 1. The van der Waals surface area contributed by atoms with Gasteiger partial charge in [-0.05, 0) is 47.8 Å². The number of carboxylic acids is 1. The largest absolute Gasteiger partial charge is 0.480 e. The predicted molar refractivity (Wildman–Crippen MR) is 127 cm³/mol. The fourth-order valence-corrected chi connectivity index (χ4v) is 4.71. The van der Waals surface area contributed by atoms with E-state index in [0.717, 1.165) is 35.0 Å². The van der Waals surface area contributed by atoms with Crippen molar-refractivity contribution in [2.75, 3.05) is 35.5 Å². The van der Waals surface area contributed by atoms with E-state index in [1.54, 1.807) is 17.8 Å². The van der Waals surface area contributed by atoms with Crippen LogP contribution in [0.1, 0.15) is 16.8 Å². The molecule has 1 fully saturated rings. The molecule has 0 aromatic heterocycles. The zero-order valence-corrected chi connectivity index (χ0v) is 18.5. The molecule has 8 heteroatoms. The minimum absolute atomic E-state index is 0.372. The summed E-state index contributed by atoms with van der Waals surface area (Å²) in [7, 11) is 0. The second-order valence-corrected chi connectivity index (χ2v) is 9.09. The maximum atomic E-state index is 13.0. The van der Waals surface area contributed by atoms with Gasteiger partial charge in [-0.15, -0.1) is 11.8 Å². The molecule has 1 amide bonds. The number of carboxylic acid groups (broad SMARTS) is 1. The Morgan fingerprint density at radius 1 is 1.27 bits per heavy atom. The molecule has 0 bridgehead atoms. The highest BCUT2D eigenvalue weighted by Crippen LogP contribution is 2.27. The smallest absolute Gasteiger partial charge is 0.326 e. The molecular weight excluding hydrogens is 418 g/mol. The Morgan fingerprint density at radius 2 is 2.07 bits per heavy atom. The Bertz CT molecular complexity index is 858. The topological polar surface area (TPSA) is 90.5 Å². The summed E-state index contributed by atoms with van der Waals surface area (Å²) in [5.41, 5.74) is 3.09. The molecule has 1 heterocycles. The SMILES string of the molecule is CSCC[C@H](NC(=O)c1ccc(NC[C@@H]2CSCN2)cc1-c1ccccc1)C(=O)O. The number of thioether (sulfide) groups is 2. The van der Waals surface area contributed by atoms with Crippen molar-refractivity contribution < 1.29 is 14.7 Å². The first-order valence-corrected chi connectivity index (χ1v) is 12.4. The molecular formula is C22H27N3O3S2. The van der Waals surface area contributed by atoms with Gasteiger partial charge in [0.2, 0.25) is 0 Å². The summed E-state index contributed by atoms with van der Waals surface area (Å²) in [4.78, 5) is 24.5. The van der Waals surface area contributed by atoms with Gasteiger partial charge in [-0.3, -0.25) is 4.79 Å². The molecule has 2 aromatic rings. The number of amides is 1. The third-order valence-electron chi connectivity index (χ3n) is 4.91. The molecule has 0 radical (unpaired) electrons. The molecule has 0 saturated carbocycles. The lowest BCUT2D eigenvalue weighted by molar-refractivity contribution is -0.139. The molecule has 2 aromatic carbocycles. The van der Waals surface area contributed by atoms with Gasteiger partial charge in [-0.1, -0.05) is 30.3 Å². The van der Waals surface area contributed by atoms with E-state index in [1.807, 2.05) is 60.5 Å². The van der Waals surface area contributed by atoms with E-state index in [0.29, 0.717) is 23.8 Å². The van der Waals surface area contributed by atoms with Crippen molar-refractivity contribution in [2.45, 2.75) is 18.5 Å². The van der Waals surface area contributed by atoms with Gasteiger partial charge in [0.05, 0.1) is 0 Å². The van der Waals surface area contributed by atoms with Crippen LogP contribution in [0, 0.1) is 0 Å². The summed E-state index contributed by atoms with van der Waals surface area (Å²) in [5, 5.41) is 19.0. The minimum atomic E-state index is -1.01. The van der Waals surface area contributed by atoms with E-state index in [-0.39, 0.29) is 5.91 Å². The van der Waals surface area contributed by atoms with E-state index in [1.165, 1.54) is 0 Å². The van der Waals surface area contributed by atoms with Gasteiger partial charge in [0.1, 0.15) is 6.04 Å². The lowest BCUT2D eigenvalue weighted by Gasteiger charge is -2.18. The Labute approximate surface area is 185 Å². The van der Waals surface area contributed by atoms with Crippen LogP contribution >= 0.6 is 23.5 Å². The van der Waals surface area contributed by atoms with Crippen LogP contribution in [0.25, 0.3) is 11.1 Å². The number of carbonyl (C=O) groups is 2. The van der Waals surface area contributed by atoms with Crippen molar-refractivity contribution in [3.8, 4) is 11.1 Å². The van der Waals surface area contributed by atoms with Gasteiger partial charge in [-0.2, -0.15) is 11.8 Å². The highest BCUT2D eigenvalue weighted by molar-refractivity contribution is 7.99. The Balaban J connectivity index is 1.82. The molecule has 1 aliphatic rings. The Hall–Kier alpha value is -2.16. The average Bonchev–Trinajstić information content (AvgIpc) is 3.29. The van der Waals surface area contributed by atoms with Gasteiger partial charge < -0.3 is 21.1 Å². The summed E-state index contributed by atoms with van der Waals surface area (Å²) in [6.45, 7) is 0.808. The van der Waals surface area contributed by atoms with Crippen LogP contribution in [0.3, 0.4) is 0 Å². The molecule has 1 saturated heterocycles. The number of carbonyl (C=O) groups excluding carboxylic acids is 1. The lowest BCUT2D eigenvalue weighted by atomic mass is 9.98. The van der Waals surface area contributed by atoms with Crippen LogP contribution in [0.15, 0.2) is 48.5 Å².